The zero-order valence-corrected chi connectivity index (χ0v) is 7.73. The highest BCUT2D eigenvalue weighted by Gasteiger charge is 2.20. The van der Waals surface area contributed by atoms with Crippen molar-refractivity contribution in [1.82, 2.24) is 15.0 Å². The fourth-order valence-corrected chi connectivity index (χ4v) is 1.79. The van der Waals surface area contributed by atoms with Gasteiger partial charge in [-0.1, -0.05) is 0 Å². The lowest BCUT2D eigenvalue weighted by molar-refractivity contribution is 0.193. The lowest BCUT2D eigenvalue weighted by Gasteiger charge is -2.04. The van der Waals surface area contributed by atoms with E-state index in [-0.39, 0.29) is 0 Å². The molecule has 1 unspecified atom stereocenters. The predicted molar refractivity (Wildman–Crippen MR) is 52.1 cm³/mol. The van der Waals surface area contributed by atoms with Gasteiger partial charge in [-0.15, -0.1) is 0 Å². The molecule has 2 aromatic heterocycles. The maximum Gasteiger partial charge on any atom is 0.141 e. The molecule has 4 nitrogen and oxygen atoms in total. The summed E-state index contributed by atoms with van der Waals surface area (Å²) in [4.78, 5) is 11.9. The van der Waals surface area contributed by atoms with Gasteiger partial charge in [-0.3, -0.25) is 0 Å². The zero-order chi connectivity index (χ0) is 9.38. The van der Waals surface area contributed by atoms with Gasteiger partial charge in [0.05, 0.1) is 6.61 Å². The highest BCUT2D eigenvalue weighted by atomic mass is 16.5. The third-order valence-electron chi connectivity index (χ3n) is 2.61. The van der Waals surface area contributed by atoms with Crippen molar-refractivity contribution >= 4 is 11.0 Å². The van der Waals surface area contributed by atoms with Crippen LogP contribution in [0, 0.1) is 0 Å². The summed E-state index contributed by atoms with van der Waals surface area (Å²) >= 11 is 0. The SMILES string of the molecule is c1cc2cnc(C3CCOC3)nc2[nH]1. The summed E-state index contributed by atoms with van der Waals surface area (Å²) in [6, 6.07) is 1.98. The summed E-state index contributed by atoms with van der Waals surface area (Å²) in [6.45, 7) is 1.59. The van der Waals surface area contributed by atoms with E-state index in [1.807, 2.05) is 18.5 Å². The van der Waals surface area contributed by atoms with Gasteiger partial charge in [-0.2, -0.15) is 0 Å². The third-order valence-corrected chi connectivity index (χ3v) is 2.61. The summed E-state index contributed by atoms with van der Waals surface area (Å²) in [6.07, 6.45) is 4.78. The highest BCUT2D eigenvalue weighted by molar-refractivity contribution is 5.73. The minimum absolute atomic E-state index is 0.377. The molecule has 0 radical (unpaired) electrons. The van der Waals surface area contributed by atoms with Crippen molar-refractivity contribution < 1.29 is 4.74 Å². The fraction of sp³-hybridized carbons (Fsp3) is 0.400. The first-order valence-corrected chi connectivity index (χ1v) is 4.81. The number of nitrogens with zero attached hydrogens (tertiary/aromatic N) is 2. The molecule has 0 aliphatic carbocycles. The van der Waals surface area contributed by atoms with Gasteiger partial charge >= 0.3 is 0 Å². The van der Waals surface area contributed by atoms with Crippen LogP contribution in [-0.4, -0.2) is 28.2 Å². The van der Waals surface area contributed by atoms with Gasteiger partial charge in [0.25, 0.3) is 0 Å². The van der Waals surface area contributed by atoms with Crippen LogP contribution < -0.4 is 0 Å². The van der Waals surface area contributed by atoms with Gasteiger partial charge in [0.2, 0.25) is 0 Å². The summed E-state index contributed by atoms with van der Waals surface area (Å²) in [7, 11) is 0. The van der Waals surface area contributed by atoms with E-state index in [9.17, 15) is 0 Å². The molecule has 0 amide bonds. The molecule has 0 spiro atoms. The number of aromatic amines is 1. The average Bonchev–Trinajstić information content (AvgIpc) is 2.88. The van der Waals surface area contributed by atoms with Crippen LogP contribution in [0.4, 0.5) is 0 Å². The number of hydrogen-bond donors (Lipinski definition) is 1. The molecule has 1 aliphatic heterocycles. The van der Waals surface area contributed by atoms with Crippen molar-refractivity contribution in [3.05, 3.63) is 24.3 Å². The maximum absolute atomic E-state index is 5.31. The number of hydrogen-bond acceptors (Lipinski definition) is 3. The number of rotatable bonds is 1. The summed E-state index contributed by atoms with van der Waals surface area (Å²) in [5.41, 5.74) is 0.918. The minimum Gasteiger partial charge on any atom is -0.381 e. The van der Waals surface area contributed by atoms with Crippen molar-refractivity contribution in [3.63, 3.8) is 0 Å². The Bertz CT molecular complexity index is 445. The Kier molecular flexibility index (Phi) is 1.73. The number of H-pyrrole nitrogens is 1. The van der Waals surface area contributed by atoms with Crippen molar-refractivity contribution in [2.75, 3.05) is 13.2 Å². The Hall–Kier alpha value is -1.42. The normalized spacial score (nSPS) is 21.9. The second-order valence-electron chi connectivity index (χ2n) is 3.57. The van der Waals surface area contributed by atoms with E-state index in [0.717, 1.165) is 36.5 Å². The van der Waals surface area contributed by atoms with E-state index < -0.39 is 0 Å². The molecule has 14 heavy (non-hydrogen) atoms. The van der Waals surface area contributed by atoms with E-state index in [4.69, 9.17) is 4.74 Å². The first-order chi connectivity index (χ1) is 6.93. The maximum atomic E-state index is 5.31. The second kappa shape index (κ2) is 3.06. The molecule has 0 bridgehead atoms. The standard InChI is InChI=1S/C10H11N3O/c1-3-11-9-7(1)5-12-10(13-9)8-2-4-14-6-8/h1,3,5,8H,2,4,6H2,(H,11,12,13). The van der Waals surface area contributed by atoms with Crippen LogP contribution in [0.5, 0.6) is 0 Å². The molecule has 1 atom stereocenters. The monoisotopic (exact) mass is 189 g/mol. The van der Waals surface area contributed by atoms with Crippen LogP contribution in [0.25, 0.3) is 11.0 Å². The van der Waals surface area contributed by atoms with Crippen LogP contribution in [0.3, 0.4) is 0 Å². The van der Waals surface area contributed by atoms with E-state index in [0.29, 0.717) is 5.92 Å². The summed E-state index contributed by atoms with van der Waals surface area (Å²) < 4.78 is 5.31. The molecular weight excluding hydrogens is 178 g/mol. The molecule has 0 saturated carbocycles. The number of nitrogens with one attached hydrogen (secondary N) is 1. The Labute approximate surface area is 81.3 Å². The van der Waals surface area contributed by atoms with Crippen LogP contribution in [0.2, 0.25) is 0 Å². The first kappa shape index (κ1) is 7.94. The van der Waals surface area contributed by atoms with Gasteiger partial charge in [0.1, 0.15) is 11.5 Å². The molecular formula is C10H11N3O. The Morgan fingerprint density at radius 1 is 1.50 bits per heavy atom. The smallest absolute Gasteiger partial charge is 0.141 e. The Morgan fingerprint density at radius 3 is 3.36 bits per heavy atom. The average molecular weight is 189 g/mol. The number of aromatic nitrogens is 3. The van der Waals surface area contributed by atoms with E-state index in [2.05, 4.69) is 15.0 Å². The van der Waals surface area contributed by atoms with E-state index in [1.165, 1.54) is 0 Å². The van der Waals surface area contributed by atoms with E-state index in [1.54, 1.807) is 0 Å². The molecule has 72 valence electrons. The van der Waals surface area contributed by atoms with Crippen LogP contribution in [0.1, 0.15) is 18.2 Å². The van der Waals surface area contributed by atoms with Crippen molar-refractivity contribution in [3.8, 4) is 0 Å². The van der Waals surface area contributed by atoms with Crippen LogP contribution in [0.15, 0.2) is 18.5 Å². The van der Waals surface area contributed by atoms with Gasteiger partial charge < -0.3 is 9.72 Å². The molecule has 3 rings (SSSR count). The minimum atomic E-state index is 0.377. The fourth-order valence-electron chi connectivity index (χ4n) is 1.79. The van der Waals surface area contributed by atoms with Gasteiger partial charge in [0.15, 0.2) is 0 Å². The first-order valence-electron chi connectivity index (χ1n) is 4.81. The Balaban J connectivity index is 2.04. The van der Waals surface area contributed by atoms with Crippen molar-refractivity contribution in [1.29, 1.82) is 0 Å². The van der Waals surface area contributed by atoms with Gasteiger partial charge in [-0.05, 0) is 12.5 Å². The number of ether oxygens (including phenoxy) is 1. The number of fused-ring (bicyclic) bond motifs is 1. The predicted octanol–water partition coefficient (Wildman–Crippen LogP) is 1.46. The van der Waals surface area contributed by atoms with Crippen molar-refractivity contribution in [2.45, 2.75) is 12.3 Å². The molecule has 0 aromatic carbocycles. The van der Waals surface area contributed by atoms with E-state index >= 15 is 0 Å². The topological polar surface area (TPSA) is 50.8 Å². The zero-order valence-electron chi connectivity index (χ0n) is 7.73. The van der Waals surface area contributed by atoms with Crippen LogP contribution >= 0.6 is 0 Å². The molecule has 1 fully saturated rings. The largest absolute Gasteiger partial charge is 0.381 e. The highest BCUT2D eigenvalue weighted by Crippen LogP contribution is 2.22. The molecule has 4 heteroatoms. The van der Waals surface area contributed by atoms with Crippen LogP contribution in [-0.2, 0) is 4.74 Å². The van der Waals surface area contributed by atoms with Gasteiger partial charge in [-0.25, -0.2) is 9.97 Å². The molecule has 1 saturated heterocycles. The molecule has 3 heterocycles. The van der Waals surface area contributed by atoms with Crippen molar-refractivity contribution in [2.24, 2.45) is 0 Å². The molecule has 1 aliphatic rings. The quantitative estimate of drug-likeness (QED) is 0.738. The Morgan fingerprint density at radius 2 is 2.50 bits per heavy atom. The summed E-state index contributed by atoms with van der Waals surface area (Å²) in [5.74, 6) is 1.28. The lowest BCUT2D eigenvalue weighted by atomic mass is 10.1. The lowest BCUT2D eigenvalue weighted by Crippen LogP contribution is -2.03. The second-order valence-corrected chi connectivity index (χ2v) is 3.57. The van der Waals surface area contributed by atoms with Gasteiger partial charge in [0, 0.05) is 30.3 Å². The molecule has 1 N–H and O–H groups in total. The molecule has 2 aromatic rings. The summed E-state index contributed by atoms with van der Waals surface area (Å²) in [5, 5.41) is 1.06. The third kappa shape index (κ3) is 1.19.